The summed E-state index contributed by atoms with van der Waals surface area (Å²) in [5.41, 5.74) is 0.399. The van der Waals surface area contributed by atoms with E-state index in [0.717, 1.165) is 32.0 Å². The highest BCUT2D eigenvalue weighted by Gasteiger charge is 2.29. The normalized spacial score (nSPS) is 25.1. The monoisotopic (exact) mass is 295 g/mol. The zero-order chi connectivity index (χ0) is 15.5. The number of carbonyl (C=O) groups is 2. The van der Waals surface area contributed by atoms with Gasteiger partial charge in [0.25, 0.3) is 0 Å². The second-order valence-electron chi connectivity index (χ2n) is 7.39. The number of rotatable bonds is 4. The average Bonchev–Trinajstić information content (AvgIpc) is 2.64. The first-order chi connectivity index (χ1) is 9.88. The molecule has 0 unspecified atom stereocenters. The fraction of sp³-hybridized carbons (Fsp3) is 0.875. The van der Waals surface area contributed by atoms with Gasteiger partial charge in [0.2, 0.25) is 5.91 Å². The quantitative estimate of drug-likeness (QED) is 0.808. The van der Waals surface area contributed by atoms with Gasteiger partial charge in [-0.2, -0.15) is 0 Å². The van der Waals surface area contributed by atoms with Crippen LogP contribution in [0.5, 0.6) is 0 Å². The molecule has 2 aliphatic heterocycles. The lowest BCUT2D eigenvalue weighted by atomic mass is 9.77. The van der Waals surface area contributed by atoms with Crippen LogP contribution in [-0.4, -0.2) is 54.5 Å². The first-order valence-corrected chi connectivity index (χ1v) is 8.18. The number of hydrogen-bond acceptors (Lipinski definition) is 3. The number of amides is 3. The highest BCUT2D eigenvalue weighted by atomic mass is 16.2. The second-order valence-corrected chi connectivity index (χ2v) is 7.39. The summed E-state index contributed by atoms with van der Waals surface area (Å²) in [6.07, 6.45) is 4.70. The van der Waals surface area contributed by atoms with Crippen LogP contribution in [0.1, 0.15) is 46.5 Å². The zero-order valence-corrected chi connectivity index (χ0v) is 13.7. The number of carbonyl (C=O) groups excluding carboxylic acids is 2. The van der Waals surface area contributed by atoms with Crippen molar-refractivity contribution in [1.82, 2.24) is 15.1 Å². The van der Waals surface area contributed by atoms with Gasteiger partial charge in [-0.15, -0.1) is 0 Å². The third-order valence-corrected chi connectivity index (χ3v) is 4.84. The van der Waals surface area contributed by atoms with Crippen molar-refractivity contribution in [2.24, 2.45) is 11.3 Å². The Kier molecular flexibility index (Phi) is 5.25. The molecule has 1 N–H and O–H groups in total. The minimum Gasteiger partial charge on any atom is -0.329 e. The Bertz CT molecular complexity index is 373. The maximum absolute atomic E-state index is 11.5. The minimum atomic E-state index is -0.233. The van der Waals surface area contributed by atoms with E-state index in [1.54, 1.807) is 0 Å². The Morgan fingerprint density at radius 3 is 2.52 bits per heavy atom. The number of nitrogens with zero attached hydrogens (tertiary/aromatic N) is 2. The van der Waals surface area contributed by atoms with Crippen molar-refractivity contribution in [3.8, 4) is 0 Å². The van der Waals surface area contributed by atoms with Gasteiger partial charge in [-0.05, 0) is 56.7 Å². The van der Waals surface area contributed by atoms with E-state index in [1.165, 1.54) is 24.2 Å². The summed E-state index contributed by atoms with van der Waals surface area (Å²) in [5, 5.41) is 2.56. The molecule has 0 aliphatic carbocycles. The summed E-state index contributed by atoms with van der Waals surface area (Å²) in [7, 11) is 0. The number of urea groups is 1. The first kappa shape index (κ1) is 16.3. The maximum atomic E-state index is 11.5. The zero-order valence-electron chi connectivity index (χ0n) is 13.7. The van der Waals surface area contributed by atoms with Gasteiger partial charge in [-0.1, -0.05) is 20.8 Å². The number of nitrogens with one attached hydrogen (secondary N) is 1. The molecule has 5 nitrogen and oxygen atoms in total. The molecule has 1 atom stereocenters. The molecule has 0 aromatic rings. The van der Waals surface area contributed by atoms with Crippen molar-refractivity contribution in [1.29, 1.82) is 0 Å². The van der Waals surface area contributed by atoms with Crippen LogP contribution in [0.25, 0.3) is 0 Å². The molecule has 5 heteroatoms. The molecular weight excluding hydrogens is 266 g/mol. The van der Waals surface area contributed by atoms with Crippen molar-refractivity contribution < 1.29 is 9.59 Å². The van der Waals surface area contributed by atoms with Gasteiger partial charge in [0.05, 0.1) is 6.54 Å². The van der Waals surface area contributed by atoms with Crippen LogP contribution in [0, 0.1) is 11.3 Å². The van der Waals surface area contributed by atoms with E-state index >= 15 is 0 Å². The second kappa shape index (κ2) is 6.77. The third kappa shape index (κ3) is 4.43. The molecule has 2 rings (SSSR count). The van der Waals surface area contributed by atoms with Crippen molar-refractivity contribution in [2.45, 2.75) is 46.5 Å². The van der Waals surface area contributed by atoms with E-state index in [-0.39, 0.29) is 18.5 Å². The predicted octanol–water partition coefficient (Wildman–Crippen LogP) is 2.08. The average molecular weight is 295 g/mol. The summed E-state index contributed by atoms with van der Waals surface area (Å²) in [6.45, 7) is 11.0. The largest absolute Gasteiger partial charge is 0.329 e. The summed E-state index contributed by atoms with van der Waals surface area (Å²) in [5.74, 6) is 0.706. The smallest absolute Gasteiger partial charge is 0.324 e. The lowest BCUT2D eigenvalue weighted by molar-refractivity contribution is -0.125. The van der Waals surface area contributed by atoms with Gasteiger partial charge in [-0.25, -0.2) is 4.79 Å². The molecule has 21 heavy (non-hydrogen) atoms. The molecule has 0 aromatic heterocycles. The Morgan fingerprint density at radius 2 is 1.90 bits per heavy atom. The van der Waals surface area contributed by atoms with Gasteiger partial charge < -0.3 is 10.2 Å². The molecule has 0 aromatic carbocycles. The van der Waals surface area contributed by atoms with E-state index < -0.39 is 0 Å². The standard InChI is InChI=1S/C16H29N3O2/c1-16(2,3)13-6-4-8-18(11-7-13)9-5-10-19-14(20)12-17-15(19)21/h13H,4-12H2,1-3H3,(H,17,21)/t13-/m0/s1. The molecule has 0 spiro atoms. The fourth-order valence-electron chi connectivity index (χ4n) is 3.38. The van der Waals surface area contributed by atoms with Gasteiger partial charge in [0.15, 0.2) is 0 Å². The summed E-state index contributed by atoms with van der Waals surface area (Å²) >= 11 is 0. The van der Waals surface area contributed by atoms with Crippen LogP contribution >= 0.6 is 0 Å². The highest BCUT2D eigenvalue weighted by Crippen LogP contribution is 2.34. The Hall–Kier alpha value is -1.10. The van der Waals surface area contributed by atoms with Crippen molar-refractivity contribution in [3.05, 3.63) is 0 Å². The predicted molar refractivity (Wildman–Crippen MR) is 83.0 cm³/mol. The third-order valence-electron chi connectivity index (χ3n) is 4.84. The molecule has 3 amide bonds. The van der Waals surface area contributed by atoms with Gasteiger partial charge in [0, 0.05) is 6.54 Å². The molecule has 2 aliphatic rings. The Labute approximate surface area is 128 Å². The molecule has 2 heterocycles. The van der Waals surface area contributed by atoms with Crippen LogP contribution in [0.2, 0.25) is 0 Å². The number of hydrogen-bond donors (Lipinski definition) is 1. The fourth-order valence-corrected chi connectivity index (χ4v) is 3.38. The van der Waals surface area contributed by atoms with E-state index in [0.29, 0.717) is 12.0 Å². The lowest BCUT2D eigenvalue weighted by Crippen LogP contribution is -2.35. The summed E-state index contributed by atoms with van der Waals surface area (Å²) < 4.78 is 0. The molecule has 120 valence electrons. The van der Waals surface area contributed by atoms with Crippen LogP contribution in [0.3, 0.4) is 0 Å². The van der Waals surface area contributed by atoms with Gasteiger partial charge in [0.1, 0.15) is 0 Å². The lowest BCUT2D eigenvalue weighted by Gasteiger charge is -2.29. The van der Waals surface area contributed by atoms with Crippen LogP contribution in [0.4, 0.5) is 4.79 Å². The summed E-state index contributed by atoms with van der Waals surface area (Å²) in [6, 6.07) is -0.233. The minimum absolute atomic E-state index is 0.0938. The molecule has 0 bridgehead atoms. The van der Waals surface area contributed by atoms with Crippen LogP contribution in [-0.2, 0) is 4.79 Å². The number of imide groups is 1. The number of likely N-dealkylation sites (tertiary alicyclic amines) is 1. The summed E-state index contributed by atoms with van der Waals surface area (Å²) in [4.78, 5) is 26.8. The van der Waals surface area contributed by atoms with Crippen molar-refractivity contribution >= 4 is 11.9 Å². The SMILES string of the molecule is CC(C)(C)[C@H]1CCCN(CCCN2C(=O)CNC2=O)CC1. The molecular formula is C16H29N3O2. The van der Waals surface area contributed by atoms with Gasteiger partial charge in [-0.3, -0.25) is 9.69 Å². The van der Waals surface area contributed by atoms with Crippen molar-refractivity contribution in [2.75, 3.05) is 32.7 Å². The Balaban J connectivity index is 1.72. The molecule has 0 radical (unpaired) electrons. The van der Waals surface area contributed by atoms with Gasteiger partial charge >= 0.3 is 6.03 Å². The highest BCUT2D eigenvalue weighted by molar-refractivity contribution is 6.01. The van der Waals surface area contributed by atoms with E-state index in [9.17, 15) is 9.59 Å². The topological polar surface area (TPSA) is 52.6 Å². The first-order valence-electron chi connectivity index (χ1n) is 8.18. The molecule has 2 saturated heterocycles. The van der Waals surface area contributed by atoms with E-state index in [1.807, 2.05) is 0 Å². The maximum Gasteiger partial charge on any atom is 0.324 e. The van der Waals surface area contributed by atoms with Crippen LogP contribution < -0.4 is 5.32 Å². The van der Waals surface area contributed by atoms with E-state index in [2.05, 4.69) is 31.0 Å². The molecule has 0 saturated carbocycles. The van der Waals surface area contributed by atoms with Crippen LogP contribution in [0.15, 0.2) is 0 Å². The van der Waals surface area contributed by atoms with Crippen molar-refractivity contribution in [3.63, 3.8) is 0 Å². The Morgan fingerprint density at radius 1 is 1.14 bits per heavy atom. The molecule has 2 fully saturated rings. The van der Waals surface area contributed by atoms with E-state index in [4.69, 9.17) is 0 Å².